The van der Waals surface area contributed by atoms with Crippen LogP contribution in [-0.4, -0.2) is 23.6 Å². The minimum Gasteiger partial charge on any atom is -0.492 e. The Morgan fingerprint density at radius 1 is 1.20 bits per heavy atom. The molecule has 2 heteroatoms. The van der Waals surface area contributed by atoms with Gasteiger partial charge in [0.15, 0.2) is 0 Å². The predicted molar refractivity (Wildman–Crippen MR) is 62.1 cm³/mol. The molecule has 0 atom stereocenters. The first-order valence-electron chi connectivity index (χ1n) is 5.53. The molecule has 0 N–H and O–H groups in total. The highest BCUT2D eigenvalue weighted by molar-refractivity contribution is 5.33. The summed E-state index contributed by atoms with van der Waals surface area (Å²) in [6, 6.07) is 8.32. The zero-order valence-electron chi connectivity index (χ0n) is 9.79. The summed E-state index contributed by atoms with van der Waals surface area (Å²) in [5, 5.41) is 0. The van der Waals surface area contributed by atoms with Crippen LogP contribution in [0.4, 0.5) is 0 Å². The molecule has 0 saturated carbocycles. The molecule has 1 aromatic carbocycles. The molecule has 15 heavy (non-hydrogen) atoms. The second-order valence-corrected chi connectivity index (χ2v) is 5.05. The van der Waals surface area contributed by atoms with E-state index in [1.54, 1.807) is 0 Å². The smallest absolute Gasteiger partial charge is 0.123 e. The number of benzene rings is 1. The summed E-state index contributed by atoms with van der Waals surface area (Å²) in [5.41, 5.74) is 1.51. The highest BCUT2D eigenvalue weighted by Gasteiger charge is 2.24. The van der Waals surface area contributed by atoms with Crippen molar-refractivity contribution in [3.63, 3.8) is 0 Å². The van der Waals surface area contributed by atoms with Crippen molar-refractivity contribution in [3.05, 3.63) is 29.8 Å². The Morgan fingerprint density at radius 2 is 1.93 bits per heavy atom. The molecule has 0 saturated heterocycles. The van der Waals surface area contributed by atoms with Crippen LogP contribution in [0.1, 0.15) is 26.3 Å². The molecule has 1 aliphatic rings. The molecule has 0 spiro atoms. The van der Waals surface area contributed by atoms with Crippen molar-refractivity contribution in [3.8, 4) is 5.75 Å². The van der Waals surface area contributed by atoms with Gasteiger partial charge in [0.1, 0.15) is 12.4 Å². The lowest BCUT2D eigenvalue weighted by Crippen LogP contribution is -2.41. The Kier molecular flexibility index (Phi) is 2.70. The van der Waals surface area contributed by atoms with E-state index in [1.807, 2.05) is 6.07 Å². The van der Waals surface area contributed by atoms with Crippen molar-refractivity contribution in [1.82, 2.24) is 4.90 Å². The van der Waals surface area contributed by atoms with Crippen LogP contribution in [0, 0.1) is 0 Å². The molecule has 1 heterocycles. The molecule has 0 bridgehead atoms. The number of hydrogen-bond acceptors (Lipinski definition) is 2. The third kappa shape index (κ3) is 2.32. The molecular weight excluding hydrogens is 186 g/mol. The first-order chi connectivity index (χ1) is 7.07. The van der Waals surface area contributed by atoms with E-state index in [0.29, 0.717) is 0 Å². The Bertz CT molecular complexity index is 341. The average molecular weight is 205 g/mol. The van der Waals surface area contributed by atoms with Gasteiger partial charge in [-0.05, 0) is 26.8 Å². The first-order valence-corrected chi connectivity index (χ1v) is 5.53. The summed E-state index contributed by atoms with van der Waals surface area (Å²) in [6.07, 6.45) is 0. The maximum Gasteiger partial charge on any atom is 0.123 e. The summed E-state index contributed by atoms with van der Waals surface area (Å²) in [5.74, 6) is 1.05. The van der Waals surface area contributed by atoms with E-state index in [1.165, 1.54) is 5.56 Å². The summed E-state index contributed by atoms with van der Waals surface area (Å²) >= 11 is 0. The largest absolute Gasteiger partial charge is 0.492 e. The van der Waals surface area contributed by atoms with Gasteiger partial charge in [0.25, 0.3) is 0 Å². The van der Waals surface area contributed by atoms with Gasteiger partial charge in [0.2, 0.25) is 0 Å². The molecule has 0 fully saturated rings. The molecule has 0 unspecified atom stereocenters. The van der Waals surface area contributed by atoms with Crippen molar-refractivity contribution >= 4 is 0 Å². The SMILES string of the molecule is CC(C)(C)N1CCOc2ccccc2C1. The number of fused-ring (bicyclic) bond motifs is 1. The van der Waals surface area contributed by atoms with E-state index >= 15 is 0 Å². The van der Waals surface area contributed by atoms with E-state index in [4.69, 9.17) is 4.74 Å². The van der Waals surface area contributed by atoms with E-state index in [9.17, 15) is 0 Å². The van der Waals surface area contributed by atoms with Gasteiger partial charge in [-0.2, -0.15) is 0 Å². The normalized spacial score (nSPS) is 17.8. The number of hydrogen-bond donors (Lipinski definition) is 0. The third-order valence-corrected chi connectivity index (χ3v) is 2.90. The van der Waals surface area contributed by atoms with Crippen molar-refractivity contribution in [2.45, 2.75) is 32.9 Å². The predicted octanol–water partition coefficient (Wildman–Crippen LogP) is 2.68. The van der Waals surface area contributed by atoms with Gasteiger partial charge in [-0.3, -0.25) is 4.90 Å². The summed E-state index contributed by atoms with van der Waals surface area (Å²) in [6.45, 7) is 9.52. The molecule has 0 radical (unpaired) electrons. The number of ether oxygens (including phenoxy) is 1. The van der Waals surface area contributed by atoms with Gasteiger partial charge < -0.3 is 4.74 Å². The Hall–Kier alpha value is -1.02. The highest BCUT2D eigenvalue weighted by atomic mass is 16.5. The summed E-state index contributed by atoms with van der Waals surface area (Å²) in [7, 11) is 0. The fourth-order valence-corrected chi connectivity index (χ4v) is 1.90. The molecule has 2 nitrogen and oxygen atoms in total. The molecule has 0 amide bonds. The van der Waals surface area contributed by atoms with Gasteiger partial charge in [-0.15, -0.1) is 0 Å². The summed E-state index contributed by atoms with van der Waals surface area (Å²) in [4.78, 5) is 2.46. The second-order valence-electron chi connectivity index (χ2n) is 5.05. The molecule has 0 aliphatic carbocycles. The third-order valence-electron chi connectivity index (χ3n) is 2.90. The fraction of sp³-hybridized carbons (Fsp3) is 0.538. The molecule has 1 aliphatic heterocycles. The van der Waals surface area contributed by atoms with E-state index in [-0.39, 0.29) is 5.54 Å². The average Bonchev–Trinajstić information content (AvgIpc) is 2.38. The highest BCUT2D eigenvalue weighted by Crippen LogP contribution is 2.26. The number of rotatable bonds is 0. The van der Waals surface area contributed by atoms with Gasteiger partial charge in [0.05, 0.1) is 0 Å². The number of nitrogens with zero attached hydrogens (tertiary/aromatic N) is 1. The lowest BCUT2D eigenvalue weighted by Gasteiger charge is -2.34. The van der Waals surface area contributed by atoms with E-state index < -0.39 is 0 Å². The van der Waals surface area contributed by atoms with Crippen molar-refractivity contribution in [2.75, 3.05) is 13.2 Å². The molecule has 1 aromatic rings. The lowest BCUT2D eigenvalue weighted by molar-refractivity contribution is 0.117. The van der Waals surface area contributed by atoms with Crippen LogP contribution >= 0.6 is 0 Å². The Balaban J connectivity index is 2.25. The molecule has 2 rings (SSSR count). The van der Waals surface area contributed by atoms with Gasteiger partial charge in [0, 0.05) is 24.2 Å². The van der Waals surface area contributed by atoms with Gasteiger partial charge in [-0.25, -0.2) is 0 Å². The van der Waals surface area contributed by atoms with E-state index in [2.05, 4.69) is 43.9 Å². The first kappa shape index (κ1) is 10.5. The minimum absolute atomic E-state index is 0.209. The molecule has 82 valence electrons. The Labute approximate surface area is 91.9 Å². The minimum atomic E-state index is 0.209. The summed E-state index contributed by atoms with van der Waals surface area (Å²) < 4.78 is 5.73. The standard InChI is InChI=1S/C13H19NO/c1-13(2,3)14-8-9-15-12-7-5-4-6-11(12)10-14/h4-7H,8-10H2,1-3H3. The molecule has 0 aromatic heterocycles. The maximum absolute atomic E-state index is 5.73. The topological polar surface area (TPSA) is 12.5 Å². The maximum atomic E-state index is 5.73. The van der Waals surface area contributed by atoms with Crippen LogP contribution in [0.25, 0.3) is 0 Å². The quantitative estimate of drug-likeness (QED) is 0.645. The lowest BCUT2D eigenvalue weighted by atomic mass is 10.0. The zero-order chi connectivity index (χ0) is 10.9. The fourth-order valence-electron chi connectivity index (χ4n) is 1.90. The van der Waals surface area contributed by atoms with Crippen LogP contribution in [0.3, 0.4) is 0 Å². The molecular formula is C13H19NO. The van der Waals surface area contributed by atoms with Crippen LogP contribution in [0.15, 0.2) is 24.3 Å². The van der Waals surface area contributed by atoms with Crippen molar-refractivity contribution < 1.29 is 4.74 Å². The Morgan fingerprint density at radius 3 is 2.67 bits per heavy atom. The van der Waals surface area contributed by atoms with E-state index in [0.717, 1.165) is 25.4 Å². The van der Waals surface area contributed by atoms with Crippen LogP contribution in [-0.2, 0) is 6.54 Å². The van der Waals surface area contributed by atoms with Gasteiger partial charge in [-0.1, -0.05) is 18.2 Å². The number of para-hydroxylation sites is 1. The van der Waals surface area contributed by atoms with Crippen LogP contribution in [0.2, 0.25) is 0 Å². The second kappa shape index (κ2) is 3.86. The van der Waals surface area contributed by atoms with Crippen molar-refractivity contribution in [2.24, 2.45) is 0 Å². The monoisotopic (exact) mass is 205 g/mol. The van der Waals surface area contributed by atoms with Crippen LogP contribution < -0.4 is 4.74 Å². The van der Waals surface area contributed by atoms with Crippen LogP contribution in [0.5, 0.6) is 5.75 Å². The zero-order valence-corrected chi connectivity index (χ0v) is 9.79. The van der Waals surface area contributed by atoms with Gasteiger partial charge >= 0.3 is 0 Å². The van der Waals surface area contributed by atoms with Crippen molar-refractivity contribution in [1.29, 1.82) is 0 Å².